The number of hydrogen-bond acceptors (Lipinski definition) is 6. The monoisotopic (exact) mass is 323 g/mol. The Labute approximate surface area is 130 Å². The molecule has 0 aliphatic carbocycles. The fourth-order valence-corrected chi connectivity index (χ4v) is 3.07. The number of nitrogens with zero attached hydrogens (tertiary/aromatic N) is 3. The van der Waals surface area contributed by atoms with Crippen molar-refractivity contribution < 1.29 is 9.53 Å². The van der Waals surface area contributed by atoms with Gasteiger partial charge in [-0.05, 0) is 19.4 Å². The van der Waals surface area contributed by atoms with Crippen LogP contribution in [0.3, 0.4) is 0 Å². The molecule has 0 bridgehead atoms. The molecule has 0 N–H and O–H groups in total. The second kappa shape index (κ2) is 6.35. The van der Waals surface area contributed by atoms with Gasteiger partial charge in [-0.2, -0.15) is 0 Å². The first-order chi connectivity index (χ1) is 10.4. The number of fused-ring (bicyclic) bond motifs is 1. The van der Waals surface area contributed by atoms with Gasteiger partial charge in [0.25, 0.3) is 5.56 Å². The molecule has 8 heteroatoms. The van der Waals surface area contributed by atoms with E-state index in [1.807, 2.05) is 6.92 Å². The fraction of sp³-hybridized carbons (Fsp3) is 0.429. The summed E-state index contributed by atoms with van der Waals surface area (Å²) in [4.78, 5) is 40.8. The summed E-state index contributed by atoms with van der Waals surface area (Å²) in [6.45, 7) is 3.86. The Hall–Kier alpha value is -2.09. The van der Waals surface area contributed by atoms with E-state index < -0.39 is 11.2 Å². The van der Waals surface area contributed by atoms with Crippen LogP contribution in [0.5, 0.6) is 0 Å². The third-order valence-corrected chi connectivity index (χ3v) is 4.43. The molecule has 0 spiro atoms. The molecule has 2 aromatic rings. The molecule has 2 rings (SSSR count). The van der Waals surface area contributed by atoms with Gasteiger partial charge in [0.15, 0.2) is 0 Å². The zero-order valence-corrected chi connectivity index (χ0v) is 13.7. The number of esters is 1. The number of carbonyl (C=O) groups excluding carboxylic acids is 1. The fourth-order valence-electron chi connectivity index (χ4n) is 2.12. The van der Waals surface area contributed by atoms with Gasteiger partial charge in [0.1, 0.15) is 5.65 Å². The van der Waals surface area contributed by atoms with Crippen molar-refractivity contribution in [2.45, 2.75) is 18.7 Å². The molecule has 22 heavy (non-hydrogen) atoms. The lowest BCUT2D eigenvalue weighted by molar-refractivity contribution is -0.139. The minimum Gasteiger partial charge on any atom is -0.465 e. The maximum Gasteiger partial charge on any atom is 0.332 e. The molecular weight excluding hydrogens is 306 g/mol. The van der Waals surface area contributed by atoms with Crippen molar-refractivity contribution in [3.8, 4) is 0 Å². The number of hydrogen-bond donors (Lipinski definition) is 0. The van der Waals surface area contributed by atoms with E-state index in [1.54, 1.807) is 20.2 Å². The van der Waals surface area contributed by atoms with Crippen molar-refractivity contribution in [3.63, 3.8) is 0 Å². The van der Waals surface area contributed by atoms with Gasteiger partial charge in [-0.3, -0.25) is 18.7 Å². The molecule has 118 valence electrons. The van der Waals surface area contributed by atoms with Gasteiger partial charge in [0, 0.05) is 25.2 Å². The Morgan fingerprint density at radius 3 is 2.64 bits per heavy atom. The van der Waals surface area contributed by atoms with Crippen LogP contribution in [0.2, 0.25) is 0 Å². The van der Waals surface area contributed by atoms with Crippen LogP contribution in [0, 0.1) is 6.92 Å². The summed E-state index contributed by atoms with van der Waals surface area (Å²) in [5.74, 6) is -0.252. The normalized spacial score (nSPS) is 10.9. The van der Waals surface area contributed by atoms with Gasteiger partial charge < -0.3 is 4.74 Å². The minimum absolute atomic E-state index is 0.0970. The van der Waals surface area contributed by atoms with Crippen molar-refractivity contribution in [1.29, 1.82) is 0 Å². The molecule has 0 radical (unpaired) electrons. The van der Waals surface area contributed by atoms with Gasteiger partial charge >= 0.3 is 11.7 Å². The zero-order chi connectivity index (χ0) is 16.4. The summed E-state index contributed by atoms with van der Waals surface area (Å²) in [5, 5.41) is 0.346. The lowest BCUT2D eigenvalue weighted by atomic mass is 10.2. The van der Waals surface area contributed by atoms with Gasteiger partial charge in [-0.15, -0.1) is 11.8 Å². The Morgan fingerprint density at radius 2 is 2.00 bits per heavy atom. The molecular formula is C14H17N3O4S. The number of rotatable bonds is 4. The van der Waals surface area contributed by atoms with Gasteiger partial charge in [0.2, 0.25) is 0 Å². The standard InChI is InChI=1S/C14H17N3O4S/c1-5-21-9(18)7-22-11-8(2)6-15-12-10(11)13(19)17(4)14(20)16(12)3/h6H,5,7H2,1-4H3. The SMILES string of the molecule is CCOC(=O)CSc1c(C)cnc2c1c(=O)n(C)c(=O)n2C. The highest BCUT2D eigenvalue weighted by Gasteiger charge is 2.17. The van der Waals surface area contributed by atoms with E-state index in [1.165, 1.54) is 23.4 Å². The van der Waals surface area contributed by atoms with Crippen LogP contribution in [0.4, 0.5) is 0 Å². The third kappa shape index (κ3) is 2.78. The summed E-state index contributed by atoms with van der Waals surface area (Å²) in [7, 11) is 2.98. The van der Waals surface area contributed by atoms with Gasteiger partial charge in [0.05, 0.1) is 17.7 Å². The first-order valence-electron chi connectivity index (χ1n) is 6.72. The third-order valence-electron chi connectivity index (χ3n) is 3.24. The molecule has 2 aromatic heterocycles. The maximum atomic E-state index is 12.4. The molecule has 0 aliphatic heterocycles. The van der Waals surface area contributed by atoms with Gasteiger partial charge in [-0.25, -0.2) is 9.78 Å². The molecule has 0 aromatic carbocycles. The number of pyridine rings is 1. The molecule has 0 saturated carbocycles. The van der Waals surface area contributed by atoms with E-state index in [9.17, 15) is 14.4 Å². The molecule has 0 unspecified atom stereocenters. The lowest BCUT2D eigenvalue weighted by Crippen LogP contribution is -2.37. The van der Waals surface area contributed by atoms with Crippen molar-refractivity contribution in [2.24, 2.45) is 14.1 Å². The summed E-state index contributed by atoms with van der Waals surface area (Å²) in [5.41, 5.74) is 0.235. The number of aromatic nitrogens is 3. The van der Waals surface area contributed by atoms with Gasteiger partial charge in [-0.1, -0.05) is 0 Å². The number of carbonyl (C=O) groups is 1. The van der Waals surface area contributed by atoms with E-state index in [0.29, 0.717) is 22.5 Å². The first-order valence-corrected chi connectivity index (χ1v) is 7.70. The average molecular weight is 323 g/mol. The highest BCUT2D eigenvalue weighted by molar-refractivity contribution is 8.00. The maximum absolute atomic E-state index is 12.4. The predicted octanol–water partition coefficient (Wildman–Crippen LogP) is 0.596. The molecule has 0 saturated heterocycles. The van der Waals surface area contributed by atoms with E-state index in [-0.39, 0.29) is 11.7 Å². The molecule has 7 nitrogen and oxygen atoms in total. The lowest BCUT2D eigenvalue weighted by Gasteiger charge is -2.12. The Bertz CT molecular complexity index is 854. The largest absolute Gasteiger partial charge is 0.465 e. The number of ether oxygens (including phenoxy) is 1. The van der Waals surface area contributed by atoms with Crippen LogP contribution in [0.15, 0.2) is 20.7 Å². The predicted molar refractivity (Wildman–Crippen MR) is 84.3 cm³/mol. The van der Waals surface area contributed by atoms with Crippen molar-refractivity contribution >= 4 is 28.8 Å². The summed E-state index contributed by atoms with van der Waals surface area (Å²) >= 11 is 1.22. The molecule has 2 heterocycles. The smallest absolute Gasteiger partial charge is 0.332 e. The van der Waals surface area contributed by atoms with Crippen LogP contribution in [0.1, 0.15) is 12.5 Å². The van der Waals surface area contributed by atoms with Crippen LogP contribution < -0.4 is 11.2 Å². The highest BCUT2D eigenvalue weighted by atomic mass is 32.2. The van der Waals surface area contributed by atoms with E-state index >= 15 is 0 Å². The van der Waals surface area contributed by atoms with E-state index in [0.717, 1.165) is 10.1 Å². The Balaban J connectivity index is 2.63. The topological polar surface area (TPSA) is 83.2 Å². The zero-order valence-electron chi connectivity index (χ0n) is 12.9. The van der Waals surface area contributed by atoms with E-state index in [2.05, 4.69) is 4.98 Å². The number of thioether (sulfide) groups is 1. The summed E-state index contributed by atoms with van der Waals surface area (Å²) in [6, 6.07) is 0. The van der Waals surface area contributed by atoms with Crippen molar-refractivity contribution in [1.82, 2.24) is 14.1 Å². The molecule has 0 amide bonds. The second-order valence-electron chi connectivity index (χ2n) is 4.77. The highest BCUT2D eigenvalue weighted by Crippen LogP contribution is 2.27. The summed E-state index contributed by atoms with van der Waals surface area (Å²) < 4.78 is 7.26. The van der Waals surface area contributed by atoms with Crippen LogP contribution in [-0.4, -0.2) is 32.4 Å². The van der Waals surface area contributed by atoms with Crippen molar-refractivity contribution in [3.05, 3.63) is 32.6 Å². The second-order valence-corrected chi connectivity index (χ2v) is 5.75. The summed E-state index contributed by atoms with van der Waals surface area (Å²) in [6.07, 6.45) is 1.59. The minimum atomic E-state index is -0.435. The average Bonchev–Trinajstić information content (AvgIpc) is 2.49. The molecule has 0 fully saturated rings. The van der Waals surface area contributed by atoms with Crippen molar-refractivity contribution in [2.75, 3.05) is 12.4 Å². The molecule has 0 aliphatic rings. The van der Waals surface area contributed by atoms with Crippen LogP contribution >= 0.6 is 11.8 Å². The van der Waals surface area contributed by atoms with Crippen LogP contribution in [-0.2, 0) is 23.6 Å². The number of aryl methyl sites for hydroxylation is 2. The Morgan fingerprint density at radius 1 is 1.32 bits per heavy atom. The quantitative estimate of drug-likeness (QED) is 0.605. The molecule has 0 atom stereocenters. The van der Waals surface area contributed by atoms with E-state index in [4.69, 9.17) is 4.74 Å². The first kappa shape index (κ1) is 16.3. The Kier molecular flexibility index (Phi) is 4.70. The van der Waals surface area contributed by atoms with Crippen LogP contribution in [0.25, 0.3) is 11.0 Å².